The molecule has 28 heavy (non-hydrogen) atoms. The van der Waals surface area contributed by atoms with Crippen LogP contribution in [0.2, 0.25) is 5.02 Å². The van der Waals surface area contributed by atoms with Gasteiger partial charge in [0.05, 0.1) is 11.0 Å². The van der Waals surface area contributed by atoms with Crippen molar-refractivity contribution in [3.8, 4) is 0 Å². The van der Waals surface area contributed by atoms with Crippen molar-refractivity contribution < 1.29 is 9.72 Å². The number of nitro groups is 1. The van der Waals surface area contributed by atoms with Crippen LogP contribution in [0.1, 0.15) is 11.6 Å². The molecular formula is C21H15ClN2O3S. The first-order valence-electron chi connectivity index (χ1n) is 8.59. The van der Waals surface area contributed by atoms with Crippen molar-refractivity contribution in [2.24, 2.45) is 0 Å². The molecule has 0 bridgehead atoms. The maximum atomic E-state index is 13.0. The lowest BCUT2D eigenvalue weighted by molar-refractivity contribution is -0.384. The van der Waals surface area contributed by atoms with Crippen molar-refractivity contribution in [2.45, 2.75) is 16.2 Å². The van der Waals surface area contributed by atoms with E-state index in [4.69, 9.17) is 11.6 Å². The predicted molar refractivity (Wildman–Crippen MR) is 111 cm³/mol. The van der Waals surface area contributed by atoms with E-state index in [-0.39, 0.29) is 22.9 Å². The summed E-state index contributed by atoms with van der Waals surface area (Å²) in [6, 6.07) is 23.0. The molecule has 3 aromatic rings. The highest BCUT2D eigenvalue weighted by molar-refractivity contribution is 8.00. The molecule has 1 amide bonds. The van der Waals surface area contributed by atoms with Gasteiger partial charge in [0.15, 0.2) is 0 Å². The number of thioether (sulfide) groups is 1. The van der Waals surface area contributed by atoms with Gasteiger partial charge < -0.3 is 4.90 Å². The second-order valence-electron chi connectivity index (χ2n) is 6.33. The van der Waals surface area contributed by atoms with E-state index in [1.807, 2.05) is 42.5 Å². The highest BCUT2D eigenvalue weighted by Gasteiger charge is 2.49. The third-order valence-corrected chi connectivity index (χ3v) is 6.11. The second kappa shape index (κ2) is 7.66. The standard InChI is InChI=1S/C21H15ClN2O3S/c22-15-8-12-16(13-9-15)23-19(14-6-10-17(11-7-14)24(26)27)20(21(23)25)28-18-4-2-1-3-5-18/h1-13,19-20H/t19-,20-/m0/s1. The molecule has 1 heterocycles. The van der Waals surface area contributed by atoms with Crippen molar-refractivity contribution in [2.75, 3.05) is 4.90 Å². The average molecular weight is 411 g/mol. The smallest absolute Gasteiger partial charge is 0.269 e. The number of non-ortho nitro benzene ring substituents is 1. The molecule has 4 rings (SSSR count). The Hall–Kier alpha value is -2.83. The number of nitro benzene ring substituents is 1. The Balaban J connectivity index is 1.69. The fourth-order valence-electron chi connectivity index (χ4n) is 3.23. The van der Waals surface area contributed by atoms with Crippen LogP contribution in [-0.2, 0) is 4.79 Å². The molecule has 0 radical (unpaired) electrons. The lowest BCUT2D eigenvalue weighted by Gasteiger charge is -2.47. The molecular weight excluding hydrogens is 396 g/mol. The minimum Gasteiger partial charge on any atom is -0.302 e. The van der Waals surface area contributed by atoms with Gasteiger partial charge >= 0.3 is 0 Å². The van der Waals surface area contributed by atoms with E-state index in [0.29, 0.717) is 5.02 Å². The first-order valence-corrected chi connectivity index (χ1v) is 9.85. The summed E-state index contributed by atoms with van der Waals surface area (Å²) in [6.07, 6.45) is 0. The molecule has 140 valence electrons. The lowest BCUT2D eigenvalue weighted by Crippen LogP contribution is -2.57. The minimum absolute atomic E-state index is 0.000437. The van der Waals surface area contributed by atoms with Gasteiger partial charge in [-0.1, -0.05) is 41.9 Å². The van der Waals surface area contributed by atoms with E-state index in [9.17, 15) is 14.9 Å². The van der Waals surface area contributed by atoms with E-state index in [1.165, 1.54) is 23.9 Å². The predicted octanol–water partition coefficient (Wildman–Crippen LogP) is 5.50. The van der Waals surface area contributed by atoms with Crippen LogP contribution in [0, 0.1) is 10.1 Å². The molecule has 0 saturated carbocycles. The van der Waals surface area contributed by atoms with Gasteiger partial charge in [0.2, 0.25) is 5.91 Å². The number of benzene rings is 3. The molecule has 3 aromatic carbocycles. The Morgan fingerprint density at radius 2 is 1.57 bits per heavy atom. The molecule has 5 nitrogen and oxygen atoms in total. The van der Waals surface area contributed by atoms with Gasteiger partial charge in [0.1, 0.15) is 5.25 Å². The molecule has 0 spiro atoms. The number of rotatable bonds is 5. The van der Waals surface area contributed by atoms with E-state index in [0.717, 1.165) is 16.1 Å². The second-order valence-corrected chi connectivity index (χ2v) is 7.98. The van der Waals surface area contributed by atoms with Crippen LogP contribution >= 0.6 is 23.4 Å². The summed E-state index contributed by atoms with van der Waals surface area (Å²) in [7, 11) is 0. The molecule has 0 aromatic heterocycles. The first kappa shape index (κ1) is 18.5. The number of nitrogens with zero attached hydrogens (tertiary/aromatic N) is 2. The maximum Gasteiger partial charge on any atom is 0.269 e. The Labute approximate surface area is 171 Å². The molecule has 1 saturated heterocycles. The van der Waals surface area contributed by atoms with Crippen molar-refractivity contribution >= 4 is 40.6 Å². The summed E-state index contributed by atoms with van der Waals surface area (Å²) in [5.74, 6) is -0.000437. The number of amides is 1. The lowest BCUT2D eigenvalue weighted by atomic mass is 9.92. The summed E-state index contributed by atoms with van der Waals surface area (Å²) in [5.41, 5.74) is 1.64. The topological polar surface area (TPSA) is 63.4 Å². The number of β-lactam (4-membered cyclic amide) rings is 1. The fraction of sp³-hybridized carbons (Fsp3) is 0.0952. The van der Waals surface area contributed by atoms with Crippen LogP contribution in [0.25, 0.3) is 0 Å². The van der Waals surface area contributed by atoms with E-state index in [1.54, 1.807) is 29.2 Å². The summed E-state index contributed by atoms with van der Waals surface area (Å²) in [4.78, 5) is 26.2. The van der Waals surface area contributed by atoms with Crippen LogP contribution in [0.5, 0.6) is 0 Å². The monoisotopic (exact) mass is 410 g/mol. The Bertz CT molecular complexity index is 1010. The van der Waals surface area contributed by atoms with Crippen molar-refractivity contribution in [3.63, 3.8) is 0 Å². The van der Waals surface area contributed by atoms with Gasteiger partial charge in [0, 0.05) is 27.7 Å². The number of carbonyl (C=O) groups excluding carboxylic acids is 1. The van der Waals surface area contributed by atoms with Crippen LogP contribution in [0.4, 0.5) is 11.4 Å². The molecule has 0 unspecified atom stereocenters. The van der Waals surface area contributed by atoms with Gasteiger partial charge in [-0.25, -0.2) is 0 Å². The number of anilines is 1. The zero-order valence-electron chi connectivity index (χ0n) is 14.6. The third kappa shape index (κ3) is 3.48. The average Bonchev–Trinajstić information content (AvgIpc) is 2.72. The van der Waals surface area contributed by atoms with Gasteiger partial charge in [-0.05, 0) is 42.0 Å². The highest BCUT2D eigenvalue weighted by atomic mass is 35.5. The Morgan fingerprint density at radius 3 is 2.18 bits per heavy atom. The van der Waals surface area contributed by atoms with Gasteiger partial charge in [-0.15, -0.1) is 11.8 Å². The molecule has 1 aliphatic heterocycles. The molecule has 0 aliphatic carbocycles. The van der Waals surface area contributed by atoms with Gasteiger partial charge in [-0.3, -0.25) is 14.9 Å². The van der Waals surface area contributed by atoms with Crippen LogP contribution in [-0.4, -0.2) is 16.1 Å². The summed E-state index contributed by atoms with van der Waals surface area (Å²) < 4.78 is 0. The van der Waals surface area contributed by atoms with Gasteiger partial charge in [-0.2, -0.15) is 0 Å². The zero-order chi connectivity index (χ0) is 19.7. The third-order valence-electron chi connectivity index (χ3n) is 4.60. The highest BCUT2D eigenvalue weighted by Crippen LogP contribution is 2.47. The summed E-state index contributed by atoms with van der Waals surface area (Å²) in [6.45, 7) is 0. The first-order chi connectivity index (χ1) is 13.5. The Kier molecular flexibility index (Phi) is 5.07. The quantitative estimate of drug-likeness (QED) is 0.316. The molecule has 2 atom stereocenters. The number of halogens is 1. The molecule has 1 aliphatic rings. The van der Waals surface area contributed by atoms with E-state index >= 15 is 0 Å². The summed E-state index contributed by atoms with van der Waals surface area (Å²) >= 11 is 7.48. The number of carbonyl (C=O) groups is 1. The van der Waals surface area contributed by atoms with Crippen LogP contribution in [0.3, 0.4) is 0 Å². The van der Waals surface area contributed by atoms with Crippen molar-refractivity contribution in [1.82, 2.24) is 0 Å². The Morgan fingerprint density at radius 1 is 0.929 bits per heavy atom. The summed E-state index contributed by atoms with van der Waals surface area (Å²) in [5, 5.41) is 11.3. The number of hydrogen-bond acceptors (Lipinski definition) is 4. The fourth-order valence-corrected chi connectivity index (χ4v) is 4.59. The minimum atomic E-state index is -0.428. The zero-order valence-corrected chi connectivity index (χ0v) is 16.1. The van der Waals surface area contributed by atoms with Crippen molar-refractivity contribution in [1.29, 1.82) is 0 Å². The maximum absolute atomic E-state index is 13.0. The molecule has 1 fully saturated rings. The van der Waals surface area contributed by atoms with E-state index < -0.39 is 4.92 Å². The largest absolute Gasteiger partial charge is 0.302 e. The molecule has 0 N–H and O–H groups in total. The molecule has 7 heteroatoms. The van der Waals surface area contributed by atoms with Crippen LogP contribution < -0.4 is 4.90 Å². The van der Waals surface area contributed by atoms with Gasteiger partial charge in [0.25, 0.3) is 5.69 Å². The van der Waals surface area contributed by atoms with Crippen molar-refractivity contribution in [3.05, 3.63) is 99.6 Å². The SMILES string of the molecule is O=C1[C@@H](Sc2ccccc2)[C@H](c2ccc([N+](=O)[O-])cc2)N1c1ccc(Cl)cc1. The normalized spacial score (nSPS) is 18.6. The van der Waals surface area contributed by atoms with E-state index in [2.05, 4.69) is 0 Å². The van der Waals surface area contributed by atoms with Crippen LogP contribution in [0.15, 0.2) is 83.8 Å². The number of hydrogen-bond donors (Lipinski definition) is 0.